The lowest BCUT2D eigenvalue weighted by atomic mass is 10.2. The van der Waals surface area contributed by atoms with Gasteiger partial charge in [0.05, 0.1) is 13.2 Å². The molecule has 8 heteroatoms. The third-order valence-electron chi connectivity index (χ3n) is 4.14. The highest BCUT2D eigenvalue weighted by Gasteiger charge is 2.26. The molecule has 0 saturated carbocycles. The van der Waals surface area contributed by atoms with Gasteiger partial charge in [0.1, 0.15) is 6.23 Å². The number of rotatable bonds is 6. The Kier molecular flexibility index (Phi) is 5.03. The second-order valence-electron chi connectivity index (χ2n) is 6.07. The molecule has 1 aliphatic heterocycles. The number of fused-ring (bicyclic) bond motifs is 1. The summed E-state index contributed by atoms with van der Waals surface area (Å²) in [5, 5.41) is 0. The molecular formula is C16H25N5O3. The maximum Gasteiger partial charge on any atom is 0.320 e. The smallest absolute Gasteiger partial charge is 0.320 e. The van der Waals surface area contributed by atoms with Crippen molar-refractivity contribution < 1.29 is 14.2 Å². The van der Waals surface area contributed by atoms with Gasteiger partial charge in [-0.25, -0.2) is 0 Å². The minimum atomic E-state index is -0.158. The summed E-state index contributed by atoms with van der Waals surface area (Å²) >= 11 is 0. The molecule has 0 amide bonds. The summed E-state index contributed by atoms with van der Waals surface area (Å²) in [6.07, 6.45) is 4.85. The van der Waals surface area contributed by atoms with Crippen LogP contribution in [-0.2, 0) is 4.74 Å². The molecule has 132 valence electrons. The molecule has 24 heavy (non-hydrogen) atoms. The van der Waals surface area contributed by atoms with Gasteiger partial charge in [-0.15, -0.1) is 0 Å². The zero-order chi connectivity index (χ0) is 17.1. The van der Waals surface area contributed by atoms with Crippen LogP contribution < -0.4 is 15.2 Å². The average Bonchev–Trinajstić information content (AvgIpc) is 2.95. The third kappa shape index (κ3) is 3.24. The second-order valence-corrected chi connectivity index (χ2v) is 6.07. The fourth-order valence-electron chi connectivity index (χ4n) is 2.98. The zero-order valence-corrected chi connectivity index (χ0v) is 14.5. The molecule has 0 aromatic carbocycles. The Balaban J connectivity index is 2.02. The Morgan fingerprint density at radius 1 is 1.33 bits per heavy atom. The maximum absolute atomic E-state index is 6.07. The SMILES string of the molecule is CCC[C@@H](C)Oc1nc(N)c2nc(OC)n(C3CCCCO3)c2n1. The van der Waals surface area contributed by atoms with E-state index in [1.807, 2.05) is 11.5 Å². The maximum atomic E-state index is 6.07. The molecule has 2 aromatic rings. The Morgan fingerprint density at radius 3 is 2.83 bits per heavy atom. The topological polar surface area (TPSA) is 97.3 Å². The largest absolute Gasteiger partial charge is 0.468 e. The molecule has 2 atom stereocenters. The summed E-state index contributed by atoms with van der Waals surface area (Å²) in [4.78, 5) is 13.2. The van der Waals surface area contributed by atoms with Crippen LogP contribution in [-0.4, -0.2) is 39.3 Å². The summed E-state index contributed by atoms with van der Waals surface area (Å²) in [6, 6.07) is 0.692. The van der Waals surface area contributed by atoms with Gasteiger partial charge in [0, 0.05) is 6.61 Å². The molecular weight excluding hydrogens is 310 g/mol. The van der Waals surface area contributed by atoms with Gasteiger partial charge in [-0.1, -0.05) is 13.3 Å². The van der Waals surface area contributed by atoms with E-state index in [2.05, 4.69) is 21.9 Å². The van der Waals surface area contributed by atoms with Crippen molar-refractivity contribution in [3.8, 4) is 12.0 Å². The Bertz CT molecular complexity index is 697. The highest BCUT2D eigenvalue weighted by atomic mass is 16.5. The second kappa shape index (κ2) is 7.21. The van der Waals surface area contributed by atoms with Crippen molar-refractivity contribution in [3.63, 3.8) is 0 Å². The number of nitrogens with zero attached hydrogens (tertiary/aromatic N) is 4. The van der Waals surface area contributed by atoms with Gasteiger partial charge in [-0.3, -0.25) is 4.57 Å². The molecule has 1 saturated heterocycles. The summed E-state index contributed by atoms with van der Waals surface area (Å²) < 4.78 is 18.9. The lowest BCUT2D eigenvalue weighted by Crippen LogP contribution is -2.19. The van der Waals surface area contributed by atoms with E-state index in [0.29, 0.717) is 23.8 Å². The van der Waals surface area contributed by atoms with Crippen molar-refractivity contribution in [1.82, 2.24) is 19.5 Å². The van der Waals surface area contributed by atoms with E-state index in [1.165, 1.54) is 0 Å². The van der Waals surface area contributed by atoms with E-state index in [0.717, 1.165) is 32.1 Å². The first kappa shape index (κ1) is 16.8. The number of aromatic nitrogens is 4. The Hall–Kier alpha value is -2.09. The number of nitrogen functional groups attached to an aromatic ring is 1. The minimum absolute atomic E-state index is 0.0241. The molecule has 0 bridgehead atoms. The van der Waals surface area contributed by atoms with E-state index in [9.17, 15) is 0 Å². The van der Waals surface area contributed by atoms with Gasteiger partial charge in [0.25, 0.3) is 0 Å². The molecule has 1 unspecified atom stereocenters. The molecule has 1 fully saturated rings. The summed E-state index contributed by atoms with van der Waals surface area (Å²) in [6.45, 7) is 4.82. The van der Waals surface area contributed by atoms with E-state index >= 15 is 0 Å². The summed E-state index contributed by atoms with van der Waals surface area (Å²) in [5.41, 5.74) is 7.17. The van der Waals surface area contributed by atoms with Gasteiger partial charge in [0.2, 0.25) is 0 Å². The van der Waals surface area contributed by atoms with Gasteiger partial charge >= 0.3 is 12.0 Å². The molecule has 2 aromatic heterocycles. The predicted octanol–water partition coefficient (Wildman–Crippen LogP) is 2.68. The summed E-state index contributed by atoms with van der Waals surface area (Å²) in [5.74, 6) is 0.284. The number of nitrogens with two attached hydrogens (primary N) is 1. The van der Waals surface area contributed by atoms with Gasteiger partial charge < -0.3 is 19.9 Å². The lowest BCUT2D eigenvalue weighted by Gasteiger charge is -2.24. The normalized spacial score (nSPS) is 19.4. The fourth-order valence-corrected chi connectivity index (χ4v) is 2.98. The number of imidazole rings is 1. The number of hydrogen-bond donors (Lipinski definition) is 1. The van der Waals surface area contributed by atoms with Crippen molar-refractivity contribution >= 4 is 17.0 Å². The highest BCUT2D eigenvalue weighted by Crippen LogP contribution is 2.33. The van der Waals surface area contributed by atoms with Crippen LogP contribution in [0.5, 0.6) is 12.0 Å². The Morgan fingerprint density at radius 2 is 2.17 bits per heavy atom. The van der Waals surface area contributed by atoms with Crippen molar-refractivity contribution in [2.75, 3.05) is 19.5 Å². The molecule has 1 aliphatic rings. The van der Waals surface area contributed by atoms with E-state index in [-0.39, 0.29) is 24.2 Å². The van der Waals surface area contributed by atoms with Crippen molar-refractivity contribution in [1.29, 1.82) is 0 Å². The molecule has 3 heterocycles. The van der Waals surface area contributed by atoms with Gasteiger partial charge in [-0.2, -0.15) is 15.0 Å². The van der Waals surface area contributed by atoms with Crippen LogP contribution in [0.15, 0.2) is 0 Å². The van der Waals surface area contributed by atoms with Gasteiger partial charge in [-0.05, 0) is 32.6 Å². The van der Waals surface area contributed by atoms with Crippen LogP contribution in [0.3, 0.4) is 0 Å². The standard InChI is InChI=1S/C16H25N5O3/c1-4-7-10(2)24-15-19-13(17)12-14(20-15)21(16(18-12)22-3)11-8-5-6-9-23-11/h10-11H,4-9H2,1-3H3,(H2,17,19,20)/t10-,11?/m1/s1. The van der Waals surface area contributed by atoms with Crippen LogP contribution in [0.25, 0.3) is 11.2 Å². The van der Waals surface area contributed by atoms with Crippen molar-refractivity contribution in [2.45, 2.75) is 58.3 Å². The van der Waals surface area contributed by atoms with Gasteiger partial charge in [0.15, 0.2) is 17.0 Å². The van der Waals surface area contributed by atoms with Crippen LogP contribution in [0, 0.1) is 0 Å². The van der Waals surface area contributed by atoms with E-state index in [4.69, 9.17) is 19.9 Å². The lowest BCUT2D eigenvalue weighted by molar-refractivity contribution is -0.0334. The number of methoxy groups -OCH3 is 1. The van der Waals surface area contributed by atoms with Crippen LogP contribution in [0.2, 0.25) is 0 Å². The highest BCUT2D eigenvalue weighted by molar-refractivity contribution is 5.83. The fraction of sp³-hybridized carbons (Fsp3) is 0.688. The molecule has 0 aliphatic carbocycles. The van der Waals surface area contributed by atoms with Crippen LogP contribution in [0.1, 0.15) is 52.2 Å². The first-order valence-corrected chi connectivity index (χ1v) is 8.51. The monoisotopic (exact) mass is 335 g/mol. The van der Waals surface area contributed by atoms with E-state index in [1.54, 1.807) is 7.11 Å². The average molecular weight is 335 g/mol. The molecule has 0 radical (unpaired) electrons. The van der Waals surface area contributed by atoms with E-state index < -0.39 is 0 Å². The number of ether oxygens (including phenoxy) is 3. The Labute approximate surface area is 141 Å². The number of anilines is 1. The van der Waals surface area contributed by atoms with Crippen LogP contribution in [0.4, 0.5) is 5.82 Å². The molecule has 0 spiro atoms. The first-order chi connectivity index (χ1) is 11.6. The first-order valence-electron chi connectivity index (χ1n) is 8.51. The number of hydrogen-bond acceptors (Lipinski definition) is 7. The molecule has 2 N–H and O–H groups in total. The van der Waals surface area contributed by atoms with Crippen LogP contribution >= 0.6 is 0 Å². The minimum Gasteiger partial charge on any atom is -0.468 e. The van der Waals surface area contributed by atoms with Crippen molar-refractivity contribution in [2.24, 2.45) is 0 Å². The quantitative estimate of drug-likeness (QED) is 0.866. The third-order valence-corrected chi connectivity index (χ3v) is 4.14. The summed E-state index contributed by atoms with van der Waals surface area (Å²) in [7, 11) is 1.57. The molecule has 3 rings (SSSR count). The molecule has 8 nitrogen and oxygen atoms in total. The van der Waals surface area contributed by atoms with Crippen molar-refractivity contribution in [3.05, 3.63) is 0 Å². The zero-order valence-electron chi connectivity index (χ0n) is 14.5. The predicted molar refractivity (Wildman–Crippen MR) is 90.1 cm³/mol.